The summed E-state index contributed by atoms with van der Waals surface area (Å²) in [5.41, 5.74) is 0.308. The van der Waals surface area contributed by atoms with Crippen molar-refractivity contribution in [2.24, 2.45) is 0 Å². The third-order valence-corrected chi connectivity index (χ3v) is 2.85. The summed E-state index contributed by atoms with van der Waals surface area (Å²) in [5, 5.41) is 2.56. The molecule has 1 aliphatic heterocycles. The van der Waals surface area contributed by atoms with Gasteiger partial charge in [0.05, 0.1) is 5.56 Å². The molecule has 1 aromatic carbocycles. The van der Waals surface area contributed by atoms with Gasteiger partial charge in [0.25, 0.3) is 5.91 Å². The van der Waals surface area contributed by atoms with Crippen LogP contribution < -0.4 is 14.8 Å². The normalized spacial score (nSPS) is 14.0. The summed E-state index contributed by atoms with van der Waals surface area (Å²) >= 11 is 0. The van der Waals surface area contributed by atoms with Crippen molar-refractivity contribution < 1.29 is 23.8 Å². The van der Waals surface area contributed by atoms with E-state index in [1.165, 1.54) is 6.92 Å². The molecule has 1 unspecified atom stereocenters. The van der Waals surface area contributed by atoms with Crippen LogP contribution in [-0.4, -0.2) is 37.7 Å². The number of hydrogen-bond acceptors (Lipinski definition) is 5. The lowest BCUT2D eigenvalue weighted by molar-refractivity contribution is -0.128. The standard InChI is InChI=1S/C15H17NO5/c1-3-6-16-14(17)10(2)21-15(18)11-4-5-12-13(9-11)20-8-7-19-12/h3-5,9-10H,1,6-8H2,2H3,(H,16,17). The number of fused-ring (bicyclic) bond motifs is 1. The van der Waals surface area contributed by atoms with E-state index in [2.05, 4.69) is 11.9 Å². The molecule has 0 saturated carbocycles. The first-order valence-corrected chi connectivity index (χ1v) is 6.61. The summed E-state index contributed by atoms with van der Waals surface area (Å²) in [6.45, 7) is 6.25. The summed E-state index contributed by atoms with van der Waals surface area (Å²) in [5.74, 6) is 0.128. The predicted molar refractivity (Wildman–Crippen MR) is 75.5 cm³/mol. The lowest BCUT2D eigenvalue weighted by atomic mass is 10.2. The number of benzene rings is 1. The van der Waals surface area contributed by atoms with E-state index in [1.54, 1.807) is 24.3 Å². The van der Waals surface area contributed by atoms with Gasteiger partial charge in [0.1, 0.15) is 13.2 Å². The molecule has 2 rings (SSSR count). The number of hydrogen-bond donors (Lipinski definition) is 1. The van der Waals surface area contributed by atoms with Crippen molar-refractivity contribution in [3.05, 3.63) is 36.4 Å². The molecule has 6 nitrogen and oxygen atoms in total. The van der Waals surface area contributed by atoms with Crippen LogP contribution >= 0.6 is 0 Å². The first-order valence-electron chi connectivity index (χ1n) is 6.61. The van der Waals surface area contributed by atoms with E-state index < -0.39 is 12.1 Å². The summed E-state index contributed by atoms with van der Waals surface area (Å²) in [7, 11) is 0. The van der Waals surface area contributed by atoms with Crippen LogP contribution in [-0.2, 0) is 9.53 Å². The van der Waals surface area contributed by atoms with Crippen LogP contribution in [0.15, 0.2) is 30.9 Å². The zero-order valence-corrected chi connectivity index (χ0v) is 11.8. The highest BCUT2D eigenvalue weighted by atomic mass is 16.6. The number of carbonyl (C=O) groups excluding carboxylic acids is 2. The van der Waals surface area contributed by atoms with Crippen molar-refractivity contribution in [1.29, 1.82) is 0 Å². The van der Waals surface area contributed by atoms with Crippen molar-refractivity contribution in [2.45, 2.75) is 13.0 Å². The van der Waals surface area contributed by atoms with Crippen LogP contribution in [0.2, 0.25) is 0 Å². The van der Waals surface area contributed by atoms with Crippen molar-refractivity contribution in [2.75, 3.05) is 19.8 Å². The second kappa shape index (κ2) is 6.78. The van der Waals surface area contributed by atoms with E-state index in [0.29, 0.717) is 36.8 Å². The molecule has 1 aliphatic rings. The molecule has 1 atom stereocenters. The predicted octanol–water partition coefficient (Wildman–Crippen LogP) is 1.31. The average molecular weight is 291 g/mol. The summed E-state index contributed by atoms with van der Waals surface area (Å²) in [6.07, 6.45) is 0.665. The van der Waals surface area contributed by atoms with Crippen molar-refractivity contribution >= 4 is 11.9 Å². The van der Waals surface area contributed by atoms with E-state index in [9.17, 15) is 9.59 Å². The average Bonchev–Trinajstić information content (AvgIpc) is 2.51. The summed E-state index contributed by atoms with van der Waals surface area (Å²) < 4.78 is 15.9. The Morgan fingerprint density at radius 2 is 2.10 bits per heavy atom. The second-order valence-corrected chi connectivity index (χ2v) is 4.44. The van der Waals surface area contributed by atoms with Gasteiger partial charge in [-0.3, -0.25) is 4.79 Å². The van der Waals surface area contributed by atoms with Crippen LogP contribution in [0, 0.1) is 0 Å². The van der Waals surface area contributed by atoms with Gasteiger partial charge in [-0.05, 0) is 25.1 Å². The van der Waals surface area contributed by atoms with Gasteiger partial charge >= 0.3 is 5.97 Å². The van der Waals surface area contributed by atoms with E-state index in [1.807, 2.05) is 0 Å². The van der Waals surface area contributed by atoms with Crippen LogP contribution in [0.3, 0.4) is 0 Å². The Morgan fingerprint density at radius 3 is 2.81 bits per heavy atom. The minimum absolute atomic E-state index is 0.308. The van der Waals surface area contributed by atoms with E-state index in [-0.39, 0.29) is 5.91 Å². The largest absolute Gasteiger partial charge is 0.486 e. The molecule has 21 heavy (non-hydrogen) atoms. The number of carbonyl (C=O) groups is 2. The minimum Gasteiger partial charge on any atom is -0.486 e. The Kier molecular flexibility index (Phi) is 4.81. The fourth-order valence-electron chi connectivity index (χ4n) is 1.77. The highest BCUT2D eigenvalue weighted by Crippen LogP contribution is 2.30. The molecule has 0 aliphatic carbocycles. The lowest BCUT2D eigenvalue weighted by Gasteiger charge is -2.19. The van der Waals surface area contributed by atoms with Gasteiger partial charge < -0.3 is 19.5 Å². The number of amides is 1. The number of esters is 1. The highest BCUT2D eigenvalue weighted by Gasteiger charge is 2.20. The minimum atomic E-state index is -0.884. The van der Waals surface area contributed by atoms with Gasteiger partial charge in [-0.25, -0.2) is 4.79 Å². The molecule has 1 N–H and O–H groups in total. The van der Waals surface area contributed by atoms with Crippen LogP contribution in [0.1, 0.15) is 17.3 Å². The third-order valence-electron chi connectivity index (χ3n) is 2.85. The van der Waals surface area contributed by atoms with Gasteiger partial charge in [-0.15, -0.1) is 6.58 Å². The Balaban J connectivity index is 1.99. The maximum atomic E-state index is 12.0. The molecule has 6 heteroatoms. The van der Waals surface area contributed by atoms with Gasteiger partial charge in [-0.1, -0.05) is 6.08 Å². The molecule has 0 saturated heterocycles. The molecule has 1 aromatic rings. The van der Waals surface area contributed by atoms with Crippen molar-refractivity contribution in [1.82, 2.24) is 5.32 Å². The quantitative estimate of drug-likeness (QED) is 0.654. The van der Waals surface area contributed by atoms with Crippen LogP contribution in [0.5, 0.6) is 11.5 Å². The topological polar surface area (TPSA) is 73.9 Å². The van der Waals surface area contributed by atoms with Crippen molar-refractivity contribution in [3.8, 4) is 11.5 Å². The fourth-order valence-corrected chi connectivity index (χ4v) is 1.77. The second-order valence-electron chi connectivity index (χ2n) is 4.44. The molecule has 0 fully saturated rings. The van der Waals surface area contributed by atoms with Gasteiger partial charge in [0, 0.05) is 6.54 Å². The van der Waals surface area contributed by atoms with E-state index >= 15 is 0 Å². The molecular formula is C15H17NO5. The molecule has 0 spiro atoms. The molecule has 0 aromatic heterocycles. The molecular weight excluding hydrogens is 274 g/mol. The zero-order valence-electron chi connectivity index (χ0n) is 11.8. The highest BCUT2D eigenvalue weighted by molar-refractivity contribution is 5.92. The molecule has 0 bridgehead atoms. The maximum Gasteiger partial charge on any atom is 0.339 e. The Bertz CT molecular complexity index is 555. The zero-order chi connectivity index (χ0) is 15.2. The van der Waals surface area contributed by atoms with Gasteiger partial charge in [-0.2, -0.15) is 0 Å². The maximum absolute atomic E-state index is 12.0. The molecule has 0 radical (unpaired) electrons. The lowest BCUT2D eigenvalue weighted by Crippen LogP contribution is -2.35. The molecule has 1 amide bonds. The number of ether oxygens (including phenoxy) is 3. The summed E-state index contributed by atoms with van der Waals surface area (Å²) in [4.78, 5) is 23.6. The number of rotatable bonds is 5. The monoisotopic (exact) mass is 291 g/mol. The number of nitrogens with one attached hydrogen (secondary N) is 1. The third kappa shape index (κ3) is 3.75. The van der Waals surface area contributed by atoms with Crippen LogP contribution in [0.25, 0.3) is 0 Å². The fraction of sp³-hybridized carbons (Fsp3) is 0.333. The summed E-state index contributed by atoms with van der Waals surface area (Å²) in [6, 6.07) is 4.77. The van der Waals surface area contributed by atoms with E-state index in [0.717, 1.165) is 0 Å². The first kappa shape index (κ1) is 14.9. The van der Waals surface area contributed by atoms with Gasteiger partial charge in [0.15, 0.2) is 17.6 Å². The first-order chi connectivity index (χ1) is 10.1. The Labute approximate surface area is 122 Å². The van der Waals surface area contributed by atoms with Gasteiger partial charge in [0.2, 0.25) is 0 Å². The van der Waals surface area contributed by atoms with E-state index in [4.69, 9.17) is 14.2 Å². The molecule has 112 valence electrons. The molecule has 1 heterocycles. The Hall–Kier alpha value is -2.50. The van der Waals surface area contributed by atoms with Crippen LogP contribution in [0.4, 0.5) is 0 Å². The van der Waals surface area contributed by atoms with Crippen molar-refractivity contribution in [3.63, 3.8) is 0 Å². The smallest absolute Gasteiger partial charge is 0.339 e. The SMILES string of the molecule is C=CCNC(=O)C(C)OC(=O)c1ccc2c(c1)OCCO2. The Morgan fingerprint density at radius 1 is 1.38 bits per heavy atom.